The van der Waals surface area contributed by atoms with Gasteiger partial charge < -0.3 is 5.32 Å². The molecular weight excluding hydrogens is 392 g/mol. The number of thiophene rings is 1. The highest BCUT2D eigenvalue weighted by atomic mass is 32.2. The van der Waals surface area contributed by atoms with Crippen LogP contribution in [0.5, 0.6) is 0 Å². The number of anilines is 1. The van der Waals surface area contributed by atoms with E-state index in [2.05, 4.69) is 18.5 Å². The first-order valence-electron chi connectivity index (χ1n) is 8.56. The normalized spacial score (nSPS) is 11.5. The van der Waals surface area contributed by atoms with Crippen molar-refractivity contribution in [2.75, 3.05) is 18.4 Å². The van der Waals surface area contributed by atoms with Crippen molar-refractivity contribution in [1.82, 2.24) is 4.31 Å². The van der Waals surface area contributed by atoms with E-state index in [0.29, 0.717) is 11.3 Å². The van der Waals surface area contributed by atoms with Gasteiger partial charge in [-0.05, 0) is 59.3 Å². The molecule has 3 aromatic rings. The standard InChI is InChI=1S/C21H20N2O3S2/c1-3-12-23(13-4-2)28(25,26)19-8-5-16(6-9-19)21(24)22-18-7-10-20-17(15-18)11-14-27-20/h3-11,14-15H,1-2,12-13H2,(H,22,24). The molecule has 0 fully saturated rings. The predicted molar refractivity (Wildman–Crippen MR) is 115 cm³/mol. The van der Waals surface area contributed by atoms with Gasteiger partial charge in [-0.25, -0.2) is 8.42 Å². The number of sulfonamides is 1. The second-order valence-corrected chi connectivity index (χ2v) is 8.94. The average molecular weight is 413 g/mol. The summed E-state index contributed by atoms with van der Waals surface area (Å²) < 4.78 is 27.8. The van der Waals surface area contributed by atoms with Gasteiger partial charge in [-0.1, -0.05) is 12.2 Å². The zero-order valence-electron chi connectivity index (χ0n) is 15.2. The topological polar surface area (TPSA) is 66.5 Å². The maximum Gasteiger partial charge on any atom is 0.255 e. The Labute approximate surface area is 168 Å². The lowest BCUT2D eigenvalue weighted by Crippen LogP contribution is -2.31. The van der Waals surface area contributed by atoms with E-state index in [-0.39, 0.29) is 23.9 Å². The van der Waals surface area contributed by atoms with Crippen LogP contribution in [-0.2, 0) is 10.0 Å². The quantitative estimate of drug-likeness (QED) is 0.553. The van der Waals surface area contributed by atoms with Gasteiger partial charge in [-0.3, -0.25) is 4.79 Å². The Hall–Kier alpha value is -2.74. The van der Waals surface area contributed by atoms with E-state index in [9.17, 15) is 13.2 Å². The number of hydrogen-bond donors (Lipinski definition) is 1. The van der Waals surface area contributed by atoms with E-state index in [1.165, 1.54) is 40.7 Å². The summed E-state index contributed by atoms with van der Waals surface area (Å²) in [7, 11) is -3.68. The summed E-state index contributed by atoms with van der Waals surface area (Å²) in [4.78, 5) is 12.6. The van der Waals surface area contributed by atoms with Gasteiger partial charge in [0.15, 0.2) is 0 Å². The van der Waals surface area contributed by atoms with Crippen LogP contribution in [0, 0.1) is 0 Å². The molecule has 0 radical (unpaired) electrons. The molecular formula is C21H20N2O3S2. The van der Waals surface area contributed by atoms with Crippen molar-refractivity contribution in [3.8, 4) is 0 Å². The van der Waals surface area contributed by atoms with Crippen molar-refractivity contribution < 1.29 is 13.2 Å². The van der Waals surface area contributed by atoms with Gasteiger partial charge in [0.2, 0.25) is 10.0 Å². The third kappa shape index (κ3) is 4.22. The number of benzene rings is 2. The second kappa shape index (κ2) is 8.52. The van der Waals surface area contributed by atoms with Crippen LogP contribution < -0.4 is 5.32 Å². The number of hydrogen-bond acceptors (Lipinski definition) is 4. The Morgan fingerprint density at radius 2 is 1.71 bits per heavy atom. The molecule has 1 N–H and O–H groups in total. The Kier molecular flexibility index (Phi) is 6.08. The first-order chi connectivity index (χ1) is 13.5. The van der Waals surface area contributed by atoms with E-state index >= 15 is 0 Å². The summed E-state index contributed by atoms with van der Waals surface area (Å²) in [6.07, 6.45) is 3.04. The second-order valence-electron chi connectivity index (χ2n) is 6.05. The molecule has 28 heavy (non-hydrogen) atoms. The number of nitrogens with one attached hydrogen (secondary N) is 1. The van der Waals surface area contributed by atoms with Crippen LogP contribution in [0.3, 0.4) is 0 Å². The lowest BCUT2D eigenvalue weighted by Gasteiger charge is -2.19. The summed E-state index contributed by atoms with van der Waals surface area (Å²) in [6, 6.07) is 13.6. The van der Waals surface area contributed by atoms with E-state index in [4.69, 9.17) is 0 Å². The minimum atomic E-state index is -3.68. The highest BCUT2D eigenvalue weighted by Gasteiger charge is 2.22. The molecule has 5 nitrogen and oxygen atoms in total. The summed E-state index contributed by atoms with van der Waals surface area (Å²) in [5, 5.41) is 5.90. The Morgan fingerprint density at radius 3 is 2.36 bits per heavy atom. The number of nitrogens with zero attached hydrogens (tertiary/aromatic N) is 1. The molecule has 0 saturated heterocycles. The molecule has 0 aliphatic heterocycles. The molecule has 1 amide bonds. The minimum absolute atomic E-state index is 0.118. The van der Waals surface area contributed by atoms with Crippen molar-refractivity contribution in [3.05, 3.63) is 84.8 Å². The fraction of sp³-hybridized carbons (Fsp3) is 0.0952. The fourth-order valence-electron chi connectivity index (χ4n) is 2.73. The van der Waals surface area contributed by atoms with Crippen LogP contribution in [0.4, 0.5) is 5.69 Å². The van der Waals surface area contributed by atoms with Crippen LogP contribution in [-0.4, -0.2) is 31.7 Å². The van der Waals surface area contributed by atoms with Crippen LogP contribution in [0.15, 0.2) is 84.1 Å². The van der Waals surface area contributed by atoms with Gasteiger partial charge in [0, 0.05) is 29.0 Å². The minimum Gasteiger partial charge on any atom is -0.322 e. The van der Waals surface area contributed by atoms with E-state index in [0.717, 1.165) is 10.1 Å². The summed E-state index contributed by atoms with van der Waals surface area (Å²) in [5.74, 6) is -0.299. The Morgan fingerprint density at radius 1 is 1.04 bits per heavy atom. The molecule has 0 aliphatic rings. The zero-order valence-corrected chi connectivity index (χ0v) is 16.8. The van der Waals surface area contributed by atoms with Crippen LogP contribution in [0.25, 0.3) is 10.1 Å². The maximum absolute atomic E-state index is 12.7. The van der Waals surface area contributed by atoms with E-state index in [1.807, 2.05) is 29.6 Å². The molecule has 7 heteroatoms. The van der Waals surface area contributed by atoms with Crippen molar-refractivity contribution in [1.29, 1.82) is 0 Å². The van der Waals surface area contributed by atoms with Crippen molar-refractivity contribution >= 4 is 43.0 Å². The van der Waals surface area contributed by atoms with Gasteiger partial charge >= 0.3 is 0 Å². The number of carbonyl (C=O) groups is 1. The first kappa shape index (κ1) is 20.0. The smallest absolute Gasteiger partial charge is 0.255 e. The molecule has 3 rings (SSSR count). The lowest BCUT2D eigenvalue weighted by molar-refractivity contribution is 0.102. The van der Waals surface area contributed by atoms with Crippen LogP contribution in [0.1, 0.15) is 10.4 Å². The first-order valence-corrected chi connectivity index (χ1v) is 10.9. The molecule has 2 aromatic carbocycles. The van der Waals surface area contributed by atoms with E-state index < -0.39 is 10.0 Å². The highest BCUT2D eigenvalue weighted by Crippen LogP contribution is 2.24. The van der Waals surface area contributed by atoms with Gasteiger partial charge in [0.05, 0.1) is 4.90 Å². The predicted octanol–water partition coefficient (Wildman–Crippen LogP) is 4.52. The molecule has 0 saturated carbocycles. The van der Waals surface area contributed by atoms with Crippen LogP contribution >= 0.6 is 11.3 Å². The Bertz CT molecular complexity index is 1110. The summed E-state index contributed by atoms with van der Waals surface area (Å²) in [6.45, 7) is 7.54. The maximum atomic E-state index is 12.7. The molecule has 1 heterocycles. The summed E-state index contributed by atoms with van der Waals surface area (Å²) in [5.41, 5.74) is 1.07. The number of carbonyl (C=O) groups excluding carboxylic acids is 1. The molecule has 0 spiro atoms. The Balaban J connectivity index is 1.78. The number of fused-ring (bicyclic) bond motifs is 1. The zero-order chi connectivity index (χ0) is 20.1. The van der Waals surface area contributed by atoms with Gasteiger partial charge in [0.1, 0.15) is 0 Å². The lowest BCUT2D eigenvalue weighted by atomic mass is 10.2. The summed E-state index contributed by atoms with van der Waals surface area (Å²) >= 11 is 1.64. The SMILES string of the molecule is C=CCN(CC=C)S(=O)(=O)c1ccc(C(=O)Nc2ccc3sccc3c2)cc1. The number of amides is 1. The molecule has 0 atom stereocenters. The van der Waals surface area contributed by atoms with Crippen molar-refractivity contribution in [3.63, 3.8) is 0 Å². The molecule has 144 valence electrons. The van der Waals surface area contributed by atoms with Gasteiger partial charge in [0.25, 0.3) is 5.91 Å². The van der Waals surface area contributed by atoms with Crippen molar-refractivity contribution in [2.24, 2.45) is 0 Å². The molecule has 1 aromatic heterocycles. The van der Waals surface area contributed by atoms with E-state index in [1.54, 1.807) is 11.3 Å². The molecule has 0 bridgehead atoms. The highest BCUT2D eigenvalue weighted by molar-refractivity contribution is 7.89. The third-order valence-corrected chi connectivity index (χ3v) is 6.87. The van der Waals surface area contributed by atoms with Crippen molar-refractivity contribution in [2.45, 2.75) is 4.90 Å². The average Bonchev–Trinajstić information content (AvgIpc) is 3.15. The monoisotopic (exact) mass is 412 g/mol. The number of rotatable bonds is 8. The molecule has 0 unspecified atom stereocenters. The van der Waals surface area contributed by atoms with Gasteiger partial charge in [-0.2, -0.15) is 4.31 Å². The van der Waals surface area contributed by atoms with Crippen LogP contribution in [0.2, 0.25) is 0 Å². The fourth-order valence-corrected chi connectivity index (χ4v) is 4.89. The van der Waals surface area contributed by atoms with Gasteiger partial charge in [-0.15, -0.1) is 24.5 Å². The molecule has 0 aliphatic carbocycles. The third-order valence-electron chi connectivity index (χ3n) is 4.13. The largest absolute Gasteiger partial charge is 0.322 e.